The third-order valence-corrected chi connectivity index (χ3v) is 6.37. The fourth-order valence-corrected chi connectivity index (χ4v) is 4.28. The van der Waals surface area contributed by atoms with Crippen LogP contribution in [0.1, 0.15) is 43.2 Å². The molecule has 0 aliphatic carbocycles. The highest BCUT2D eigenvalue weighted by atomic mass is 16.4. The number of rotatable bonds is 5. The number of amides is 1. The largest absolute Gasteiger partial charge is 0.481 e. The molecule has 2 aliphatic rings. The summed E-state index contributed by atoms with van der Waals surface area (Å²) in [7, 11) is 0. The van der Waals surface area contributed by atoms with Crippen molar-refractivity contribution in [1.29, 1.82) is 0 Å². The Kier molecular flexibility index (Phi) is 5.32. The van der Waals surface area contributed by atoms with Crippen molar-refractivity contribution < 1.29 is 14.7 Å². The Morgan fingerprint density at radius 2 is 1.93 bits per heavy atom. The lowest BCUT2D eigenvalue weighted by atomic mass is 9.77. The number of carboxylic acids is 1. The van der Waals surface area contributed by atoms with Crippen molar-refractivity contribution in [2.24, 2.45) is 5.41 Å². The SMILES string of the molecule is Cc1cnc(Nc2ccc(C(C)C(=O)O)cc2)nc1N1CCC2(CCNC2=O)CC1. The number of hydrogen-bond donors (Lipinski definition) is 3. The molecule has 4 rings (SSSR count). The number of benzene rings is 1. The Hall–Kier alpha value is -3.16. The zero-order chi connectivity index (χ0) is 21.3. The first-order chi connectivity index (χ1) is 14.4. The fourth-order valence-electron chi connectivity index (χ4n) is 4.28. The van der Waals surface area contributed by atoms with E-state index in [9.17, 15) is 9.59 Å². The molecule has 2 saturated heterocycles. The van der Waals surface area contributed by atoms with Crippen LogP contribution < -0.4 is 15.5 Å². The number of hydrogen-bond acceptors (Lipinski definition) is 6. The number of piperidine rings is 1. The van der Waals surface area contributed by atoms with Crippen LogP contribution in [0.3, 0.4) is 0 Å². The van der Waals surface area contributed by atoms with Crippen LogP contribution in [0.2, 0.25) is 0 Å². The maximum Gasteiger partial charge on any atom is 0.310 e. The average Bonchev–Trinajstić information content (AvgIpc) is 3.10. The van der Waals surface area contributed by atoms with Crippen LogP contribution in [0.4, 0.5) is 17.5 Å². The summed E-state index contributed by atoms with van der Waals surface area (Å²) < 4.78 is 0. The lowest BCUT2D eigenvalue weighted by Gasteiger charge is -2.38. The average molecular weight is 409 g/mol. The molecule has 30 heavy (non-hydrogen) atoms. The summed E-state index contributed by atoms with van der Waals surface area (Å²) in [6.45, 7) is 6.04. The summed E-state index contributed by atoms with van der Waals surface area (Å²) in [5, 5.41) is 15.3. The molecule has 1 unspecified atom stereocenters. The van der Waals surface area contributed by atoms with Crippen molar-refractivity contribution in [3.63, 3.8) is 0 Å². The molecule has 3 heterocycles. The number of aryl methyl sites for hydroxylation is 1. The topological polar surface area (TPSA) is 107 Å². The number of carbonyl (C=O) groups is 2. The first-order valence-electron chi connectivity index (χ1n) is 10.3. The van der Waals surface area contributed by atoms with Crippen LogP contribution in [0.25, 0.3) is 0 Å². The number of aromatic nitrogens is 2. The van der Waals surface area contributed by atoms with Gasteiger partial charge in [0.1, 0.15) is 5.82 Å². The van der Waals surface area contributed by atoms with Gasteiger partial charge >= 0.3 is 5.97 Å². The predicted octanol–water partition coefficient (Wildman–Crippen LogP) is 2.82. The molecule has 2 aromatic rings. The maximum atomic E-state index is 12.2. The van der Waals surface area contributed by atoms with Crippen molar-refractivity contribution in [3.8, 4) is 0 Å². The third-order valence-electron chi connectivity index (χ3n) is 6.37. The molecule has 1 atom stereocenters. The van der Waals surface area contributed by atoms with Gasteiger partial charge in [-0.05, 0) is 50.8 Å². The Labute approximate surface area is 175 Å². The standard InChI is InChI=1S/C22H27N5O3/c1-14-13-24-21(25-17-5-3-16(4-6-17)15(2)19(28)29)26-18(14)27-11-8-22(9-12-27)7-10-23-20(22)30/h3-6,13,15H,7-12H2,1-2H3,(H,23,30)(H,28,29)(H,24,25,26). The first kappa shape index (κ1) is 20.1. The molecule has 0 bridgehead atoms. The number of nitrogens with one attached hydrogen (secondary N) is 2. The number of carboxylic acid groups (broad SMARTS) is 1. The van der Waals surface area contributed by atoms with E-state index in [1.807, 2.05) is 19.1 Å². The van der Waals surface area contributed by atoms with Crippen LogP contribution >= 0.6 is 0 Å². The second-order valence-electron chi connectivity index (χ2n) is 8.28. The van der Waals surface area contributed by atoms with Crippen LogP contribution in [0.15, 0.2) is 30.5 Å². The van der Waals surface area contributed by atoms with E-state index in [1.54, 1.807) is 25.3 Å². The van der Waals surface area contributed by atoms with Gasteiger partial charge in [0.05, 0.1) is 11.3 Å². The second-order valence-corrected chi connectivity index (χ2v) is 8.28. The minimum absolute atomic E-state index is 0.199. The molecule has 0 saturated carbocycles. The molecular formula is C22H27N5O3. The predicted molar refractivity (Wildman–Crippen MR) is 114 cm³/mol. The summed E-state index contributed by atoms with van der Waals surface area (Å²) in [6.07, 6.45) is 4.41. The van der Waals surface area contributed by atoms with E-state index in [-0.39, 0.29) is 11.3 Å². The van der Waals surface area contributed by atoms with Gasteiger partial charge < -0.3 is 20.6 Å². The van der Waals surface area contributed by atoms with Crippen LogP contribution in [-0.4, -0.2) is 46.6 Å². The normalized spacial score (nSPS) is 18.9. The molecular weight excluding hydrogens is 382 g/mol. The van der Waals surface area contributed by atoms with Crippen molar-refractivity contribution in [3.05, 3.63) is 41.6 Å². The first-order valence-corrected chi connectivity index (χ1v) is 10.3. The van der Waals surface area contributed by atoms with E-state index < -0.39 is 11.9 Å². The molecule has 8 heteroatoms. The van der Waals surface area contributed by atoms with Gasteiger partial charge in [-0.2, -0.15) is 4.98 Å². The second kappa shape index (κ2) is 7.93. The van der Waals surface area contributed by atoms with Gasteiger partial charge in [-0.1, -0.05) is 12.1 Å². The minimum atomic E-state index is -0.847. The van der Waals surface area contributed by atoms with Crippen molar-refractivity contribution >= 4 is 29.3 Å². The third kappa shape index (κ3) is 3.81. The van der Waals surface area contributed by atoms with Crippen LogP contribution in [0, 0.1) is 12.3 Å². The summed E-state index contributed by atoms with van der Waals surface area (Å²) in [4.78, 5) is 34.7. The molecule has 0 radical (unpaired) electrons. The van der Waals surface area contributed by atoms with Gasteiger partial charge in [0.15, 0.2) is 0 Å². The summed E-state index contributed by atoms with van der Waals surface area (Å²) in [6, 6.07) is 7.27. The minimum Gasteiger partial charge on any atom is -0.481 e. The Balaban J connectivity index is 1.46. The summed E-state index contributed by atoms with van der Waals surface area (Å²) >= 11 is 0. The highest BCUT2D eigenvalue weighted by Crippen LogP contribution is 2.39. The van der Waals surface area contributed by atoms with Gasteiger partial charge in [-0.15, -0.1) is 0 Å². The molecule has 8 nitrogen and oxygen atoms in total. The summed E-state index contributed by atoms with van der Waals surface area (Å²) in [5.74, 6) is 0.182. The smallest absolute Gasteiger partial charge is 0.310 e. The monoisotopic (exact) mass is 409 g/mol. The van der Waals surface area contributed by atoms with E-state index in [4.69, 9.17) is 10.1 Å². The van der Waals surface area contributed by atoms with Gasteiger partial charge in [-0.3, -0.25) is 9.59 Å². The Bertz CT molecular complexity index is 952. The van der Waals surface area contributed by atoms with Crippen molar-refractivity contribution in [1.82, 2.24) is 15.3 Å². The van der Waals surface area contributed by atoms with E-state index in [0.29, 0.717) is 5.95 Å². The Morgan fingerprint density at radius 3 is 2.53 bits per heavy atom. The van der Waals surface area contributed by atoms with Gasteiger partial charge in [0.2, 0.25) is 11.9 Å². The van der Waals surface area contributed by atoms with Crippen LogP contribution in [0.5, 0.6) is 0 Å². The number of nitrogens with zero attached hydrogens (tertiary/aromatic N) is 3. The molecule has 2 aliphatic heterocycles. The Morgan fingerprint density at radius 1 is 1.23 bits per heavy atom. The molecule has 2 fully saturated rings. The van der Waals surface area contributed by atoms with Gasteiger partial charge in [-0.25, -0.2) is 4.98 Å². The highest BCUT2D eigenvalue weighted by molar-refractivity contribution is 5.85. The lowest BCUT2D eigenvalue weighted by Crippen LogP contribution is -2.44. The van der Waals surface area contributed by atoms with Crippen LogP contribution in [-0.2, 0) is 9.59 Å². The van der Waals surface area contributed by atoms with E-state index in [2.05, 4.69) is 20.5 Å². The zero-order valence-corrected chi connectivity index (χ0v) is 17.3. The highest BCUT2D eigenvalue weighted by Gasteiger charge is 2.44. The number of aliphatic carboxylic acids is 1. The molecule has 1 spiro atoms. The molecule has 158 valence electrons. The molecule has 3 N–H and O–H groups in total. The number of anilines is 3. The van der Waals surface area contributed by atoms with Crippen molar-refractivity contribution in [2.45, 2.75) is 39.0 Å². The van der Waals surface area contributed by atoms with Crippen molar-refractivity contribution in [2.75, 3.05) is 29.9 Å². The molecule has 1 aromatic heterocycles. The quantitative estimate of drug-likeness (QED) is 0.697. The summed E-state index contributed by atoms with van der Waals surface area (Å²) in [5.41, 5.74) is 2.34. The van der Waals surface area contributed by atoms with Gasteiger partial charge in [0, 0.05) is 37.1 Å². The lowest BCUT2D eigenvalue weighted by molar-refractivity contribution is -0.138. The van der Waals surface area contributed by atoms with E-state index >= 15 is 0 Å². The van der Waals surface area contributed by atoms with E-state index in [1.165, 1.54) is 0 Å². The maximum absolute atomic E-state index is 12.2. The molecule has 1 amide bonds. The van der Waals surface area contributed by atoms with E-state index in [0.717, 1.165) is 61.5 Å². The number of carbonyl (C=O) groups excluding carboxylic acids is 1. The zero-order valence-electron chi connectivity index (χ0n) is 17.3. The fraction of sp³-hybridized carbons (Fsp3) is 0.455. The molecule has 1 aromatic carbocycles. The van der Waals surface area contributed by atoms with Gasteiger partial charge in [0.25, 0.3) is 0 Å².